The molecule has 4 N–H and O–H groups in total. The molecule has 0 aliphatic rings. The largest absolute Gasteiger partial charge is 0.493 e. The van der Waals surface area contributed by atoms with Crippen LogP contribution >= 0.6 is 0 Å². The van der Waals surface area contributed by atoms with Crippen molar-refractivity contribution in [2.75, 3.05) is 7.11 Å². The number of nitrogens with one attached hydrogen (secondary N) is 2. The monoisotopic (exact) mass is 251 g/mol. The van der Waals surface area contributed by atoms with Gasteiger partial charge in [-0.2, -0.15) is 20.5 Å². The third-order valence-electron chi connectivity index (χ3n) is 2.67. The maximum Gasteiger partial charge on any atom is 0.162 e. The van der Waals surface area contributed by atoms with Crippen molar-refractivity contribution < 1.29 is 4.74 Å². The quantitative estimate of drug-likeness (QED) is 0.492. The van der Waals surface area contributed by atoms with Crippen molar-refractivity contribution in [2.45, 2.75) is 25.9 Å². The summed E-state index contributed by atoms with van der Waals surface area (Å²) in [7, 11) is 1.60. The molecule has 1 atom stereocenters. The molecule has 0 spiro atoms. The normalized spacial score (nSPS) is 12.6. The van der Waals surface area contributed by atoms with E-state index in [2.05, 4.69) is 32.9 Å². The molecule has 0 radical (unpaired) electrons. The molecular weight excluding hydrogens is 234 g/mol. The number of aromatic nitrogens is 5. The van der Waals surface area contributed by atoms with E-state index in [4.69, 9.17) is 10.6 Å². The third-order valence-corrected chi connectivity index (χ3v) is 2.67. The number of aromatic amines is 1. The standard InChI is InChI=1S/C10H17N7O/c1-3-4-17-10(8(18-2)6-13-17)9(14-11)7-5-12-16-15-7/h5-6,9,14H,3-4,11H2,1-2H3,(H,12,15,16). The Bertz CT molecular complexity index is 478. The van der Waals surface area contributed by atoms with Crippen LogP contribution in [0.3, 0.4) is 0 Å². The number of aryl methyl sites for hydroxylation is 1. The van der Waals surface area contributed by atoms with Crippen LogP contribution < -0.4 is 16.0 Å². The van der Waals surface area contributed by atoms with Gasteiger partial charge in [-0.25, -0.2) is 5.43 Å². The minimum absolute atomic E-state index is 0.312. The highest BCUT2D eigenvalue weighted by atomic mass is 16.5. The van der Waals surface area contributed by atoms with Crippen molar-refractivity contribution in [1.82, 2.24) is 30.6 Å². The predicted octanol–water partition coefficient (Wildman–Crippen LogP) is -0.0275. The Labute approximate surface area is 104 Å². The van der Waals surface area contributed by atoms with Crippen LogP contribution in [0.25, 0.3) is 0 Å². The number of rotatable bonds is 6. The van der Waals surface area contributed by atoms with E-state index in [1.807, 2.05) is 4.68 Å². The van der Waals surface area contributed by atoms with Gasteiger partial charge in [0.15, 0.2) is 5.75 Å². The summed E-state index contributed by atoms with van der Waals surface area (Å²) in [5.74, 6) is 6.29. The van der Waals surface area contributed by atoms with E-state index in [0.29, 0.717) is 11.4 Å². The second-order valence-corrected chi connectivity index (χ2v) is 3.82. The fourth-order valence-corrected chi connectivity index (χ4v) is 1.87. The summed E-state index contributed by atoms with van der Waals surface area (Å²) in [6.45, 7) is 2.87. The first-order valence-corrected chi connectivity index (χ1v) is 5.73. The van der Waals surface area contributed by atoms with Crippen LogP contribution in [0.4, 0.5) is 0 Å². The molecule has 8 heteroatoms. The minimum Gasteiger partial charge on any atom is -0.493 e. The maximum absolute atomic E-state index is 5.62. The summed E-state index contributed by atoms with van der Waals surface area (Å²) < 4.78 is 7.18. The van der Waals surface area contributed by atoms with Crippen LogP contribution in [0.15, 0.2) is 12.4 Å². The van der Waals surface area contributed by atoms with Gasteiger partial charge in [-0.05, 0) is 6.42 Å². The van der Waals surface area contributed by atoms with Crippen LogP contribution in [-0.2, 0) is 6.54 Å². The highest BCUT2D eigenvalue weighted by Crippen LogP contribution is 2.28. The van der Waals surface area contributed by atoms with Gasteiger partial charge in [-0.15, -0.1) is 0 Å². The lowest BCUT2D eigenvalue weighted by Gasteiger charge is -2.16. The Kier molecular flexibility index (Phi) is 3.90. The first-order valence-electron chi connectivity index (χ1n) is 5.73. The van der Waals surface area contributed by atoms with E-state index >= 15 is 0 Å². The molecule has 2 aromatic heterocycles. The lowest BCUT2D eigenvalue weighted by Crippen LogP contribution is -2.31. The Morgan fingerprint density at radius 1 is 1.56 bits per heavy atom. The predicted molar refractivity (Wildman–Crippen MR) is 64.6 cm³/mol. The van der Waals surface area contributed by atoms with Crippen molar-refractivity contribution in [2.24, 2.45) is 5.84 Å². The first kappa shape index (κ1) is 12.5. The number of methoxy groups -OCH3 is 1. The van der Waals surface area contributed by atoms with Crippen LogP contribution in [0.1, 0.15) is 30.8 Å². The van der Waals surface area contributed by atoms with E-state index in [1.54, 1.807) is 19.5 Å². The highest BCUT2D eigenvalue weighted by Gasteiger charge is 2.24. The summed E-state index contributed by atoms with van der Waals surface area (Å²) in [5, 5.41) is 14.7. The average molecular weight is 251 g/mol. The molecule has 0 bridgehead atoms. The van der Waals surface area contributed by atoms with Gasteiger partial charge >= 0.3 is 0 Å². The minimum atomic E-state index is -0.312. The Balaban J connectivity index is 2.42. The summed E-state index contributed by atoms with van der Waals surface area (Å²) in [5.41, 5.74) is 4.25. The van der Waals surface area contributed by atoms with Crippen molar-refractivity contribution in [3.63, 3.8) is 0 Å². The zero-order chi connectivity index (χ0) is 13.0. The summed E-state index contributed by atoms with van der Waals surface area (Å²) >= 11 is 0. The Hall–Kier alpha value is -1.93. The zero-order valence-electron chi connectivity index (χ0n) is 10.4. The molecule has 0 aromatic carbocycles. The van der Waals surface area contributed by atoms with Crippen molar-refractivity contribution >= 4 is 0 Å². The summed E-state index contributed by atoms with van der Waals surface area (Å²) in [6, 6.07) is -0.312. The average Bonchev–Trinajstić information content (AvgIpc) is 3.02. The third kappa shape index (κ3) is 2.20. The van der Waals surface area contributed by atoms with Crippen LogP contribution in [-0.4, -0.2) is 32.3 Å². The van der Waals surface area contributed by atoms with Crippen LogP contribution in [0, 0.1) is 0 Å². The van der Waals surface area contributed by atoms with Gasteiger partial charge in [0, 0.05) is 6.54 Å². The molecule has 8 nitrogen and oxygen atoms in total. The highest BCUT2D eigenvalue weighted by molar-refractivity contribution is 5.32. The molecule has 18 heavy (non-hydrogen) atoms. The number of hydrogen-bond donors (Lipinski definition) is 3. The van der Waals surface area contributed by atoms with E-state index < -0.39 is 0 Å². The Morgan fingerprint density at radius 2 is 2.39 bits per heavy atom. The van der Waals surface area contributed by atoms with Gasteiger partial charge in [0.05, 0.1) is 19.5 Å². The molecule has 0 aliphatic carbocycles. The molecule has 0 fully saturated rings. The second-order valence-electron chi connectivity index (χ2n) is 3.82. The summed E-state index contributed by atoms with van der Waals surface area (Å²) in [4.78, 5) is 0. The van der Waals surface area contributed by atoms with Crippen molar-refractivity contribution in [1.29, 1.82) is 0 Å². The molecule has 1 unspecified atom stereocenters. The molecule has 98 valence electrons. The van der Waals surface area contributed by atoms with Gasteiger partial charge < -0.3 is 4.74 Å². The van der Waals surface area contributed by atoms with Crippen LogP contribution in [0.5, 0.6) is 5.75 Å². The molecule has 2 rings (SSSR count). The van der Waals surface area contributed by atoms with Crippen molar-refractivity contribution in [3.8, 4) is 5.75 Å². The van der Waals surface area contributed by atoms with E-state index in [0.717, 1.165) is 18.7 Å². The number of hydrogen-bond acceptors (Lipinski definition) is 6. The second kappa shape index (κ2) is 5.61. The summed E-state index contributed by atoms with van der Waals surface area (Å²) in [6.07, 6.45) is 4.26. The van der Waals surface area contributed by atoms with Gasteiger partial charge in [0.1, 0.15) is 17.4 Å². The lowest BCUT2D eigenvalue weighted by atomic mass is 10.1. The molecule has 2 heterocycles. The van der Waals surface area contributed by atoms with Gasteiger partial charge in [-0.3, -0.25) is 10.5 Å². The molecule has 2 aromatic rings. The van der Waals surface area contributed by atoms with Crippen molar-refractivity contribution in [3.05, 3.63) is 23.8 Å². The topological polar surface area (TPSA) is 107 Å². The number of ether oxygens (including phenoxy) is 1. The maximum atomic E-state index is 5.62. The number of H-pyrrole nitrogens is 1. The van der Waals surface area contributed by atoms with Gasteiger partial charge in [0.2, 0.25) is 0 Å². The lowest BCUT2D eigenvalue weighted by molar-refractivity contribution is 0.397. The number of nitrogens with two attached hydrogens (primary N) is 1. The first-order chi connectivity index (χ1) is 8.81. The molecule has 0 saturated heterocycles. The SMILES string of the molecule is CCCn1ncc(OC)c1C(NN)c1cn[nH]n1. The van der Waals surface area contributed by atoms with Gasteiger partial charge in [-0.1, -0.05) is 6.92 Å². The van der Waals surface area contributed by atoms with E-state index in [-0.39, 0.29) is 6.04 Å². The molecular formula is C10H17N7O. The molecule has 0 amide bonds. The number of nitrogens with zero attached hydrogens (tertiary/aromatic N) is 4. The Morgan fingerprint density at radius 3 is 2.94 bits per heavy atom. The van der Waals surface area contributed by atoms with Gasteiger partial charge in [0.25, 0.3) is 0 Å². The molecule has 0 saturated carbocycles. The van der Waals surface area contributed by atoms with E-state index in [1.165, 1.54) is 0 Å². The van der Waals surface area contributed by atoms with E-state index in [9.17, 15) is 0 Å². The molecule has 0 aliphatic heterocycles. The fourth-order valence-electron chi connectivity index (χ4n) is 1.87. The van der Waals surface area contributed by atoms with Crippen LogP contribution in [0.2, 0.25) is 0 Å². The zero-order valence-corrected chi connectivity index (χ0v) is 10.4. The number of hydrazine groups is 1. The smallest absolute Gasteiger partial charge is 0.162 e. The fraction of sp³-hybridized carbons (Fsp3) is 0.500.